The first-order valence-corrected chi connectivity index (χ1v) is 6.30. The molecule has 2 aliphatic heterocycles. The quantitative estimate of drug-likeness (QED) is 0.769. The highest BCUT2D eigenvalue weighted by Gasteiger charge is 2.37. The average Bonchev–Trinajstić information content (AvgIpc) is 3.01. The van der Waals surface area contributed by atoms with Gasteiger partial charge in [0.1, 0.15) is 5.60 Å². The zero-order valence-electron chi connectivity index (χ0n) is 9.85. The highest BCUT2D eigenvalue weighted by Crippen LogP contribution is 2.30. The van der Waals surface area contributed by atoms with Crippen LogP contribution in [0.5, 0.6) is 0 Å². The SMILES string of the molecule is OC1(c2nc(N3CCCC3)no2)CCNCC1. The van der Waals surface area contributed by atoms with Crippen molar-refractivity contribution in [3.05, 3.63) is 5.89 Å². The number of hydrogen-bond donors (Lipinski definition) is 2. The third-order valence-electron chi connectivity index (χ3n) is 3.63. The number of piperidine rings is 1. The maximum absolute atomic E-state index is 10.4. The summed E-state index contributed by atoms with van der Waals surface area (Å²) in [6.45, 7) is 3.55. The second-order valence-corrected chi connectivity index (χ2v) is 4.88. The molecule has 0 atom stereocenters. The maximum atomic E-state index is 10.4. The number of rotatable bonds is 2. The van der Waals surface area contributed by atoms with E-state index < -0.39 is 5.60 Å². The van der Waals surface area contributed by atoms with E-state index in [2.05, 4.69) is 20.4 Å². The van der Waals surface area contributed by atoms with Crippen molar-refractivity contribution in [3.63, 3.8) is 0 Å². The van der Waals surface area contributed by atoms with Crippen LogP contribution in [0.1, 0.15) is 31.6 Å². The fraction of sp³-hybridized carbons (Fsp3) is 0.818. The third-order valence-corrected chi connectivity index (χ3v) is 3.63. The van der Waals surface area contributed by atoms with E-state index in [1.54, 1.807) is 0 Å². The minimum absolute atomic E-state index is 0.376. The van der Waals surface area contributed by atoms with E-state index in [1.807, 2.05) is 0 Å². The van der Waals surface area contributed by atoms with E-state index in [9.17, 15) is 5.11 Å². The van der Waals surface area contributed by atoms with Crippen LogP contribution in [0, 0.1) is 0 Å². The van der Waals surface area contributed by atoms with Gasteiger partial charge < -0.3 is 19.8 Å². The van der Waals surface area contributed by atoms with Crippen molar-refractivity contribution in [2.24, 2.45) is 0 Å². The third kappa shape index (κ3) is 2.02. The fourth-order valence-corrected chi connectivity index (χ4v) is 2.50. The molecule has 0 aliphatic carbocycles. The molecule has 1 aromatic heterocycles. The number of aliphatic hydroxyl groups is 1. The Kier molecular flexibility index (Phi) is 2.76. The van der Waals surface area contributed by atoms with Gasteiger partial charge in [0, 0.05) is 13.1 Å². The minimum Gasteiger partial charge on any atom is -0.380 e. The number of hydrogen-bond acceptors (Lipinski definition) is 6. The molecule has 94 valence electrons. The Morgan fingerprint density at radius 1 is 1.24 bits per heavy atom. The molecule has 2 N–H and O–H groups in total. The summed E-state index contributed by atoms with van der Waals surface area (Å²) >= 11 is 0. The van der Waals surface area contributed by atoms with E-state index in [1.165, 1.54) is 12.8 Å². The lowest BCUT2D eigenvalue weighted by Gasteiger charge is -2.28. The van der Waals surface area contributed by atoms with Gasteiger partial charge in [-0.3, -0.25) is 0 Å². The summed E-state index contributed by atoms with van der Waals surface area (Å²) in [5.74, 6) is 1.00. The molecule has 0 spiro atoms. The Balaban J connectivity index is 1.78. The smallest absolute Gasteiger partial charge is 0.266 e. The second kappa shape index (κ2) is 4.27. The van der Waals surface area contributed by atoms with Crippen molar-refractivity contribution >= 4 is 5.95 Å². The first kappa shape index (κ1) is 11.0. The van der Waals surface area contributed by atoms with E-state index in [0.29, 0.717) is 24.7 Å². The maximum Gasteiger partial charge on any atom is 0.266 e. The van der Waals surface area contributed by atoms with Gasteiger partial charge >= 0.3 is 0 Å². The van der Waals surface area contributed by atoms with Crippen molar-refractivity contribution in [3.8, 4) is 0 Å². The summed E-state index contributed by atoms with van der Waals surface area (Å²) in [6, 6.07) is 0. The topological polar surface area (TPSA) is 74.4 Å². The molecule has 0 aromatic carbocycles. The molecule has 3 rings (SSSR count). The number of nitrogens with zero attached hydrogens (tertiary/aromatic N) is 3. The minimum atomic E-state index is -0.934. The molecule has 6 nitrogen and oxygen atoms in total. The molecule has 2 saturated heterocycles. The first-order chi connectivity index (χ1) is 8.28. The molecule has 17 heavy (non-hydrogen) atoms. The van der Waals surface area contributed by atoms with E-state index >= 15 is 0 Å². The highest BCUT2D eigenvalue weighted by atomic mass is 16.5. The van der Waals surface area contributed by atoms with Gasteiger partial charge in [0.25, 0.3) is 11.8 Å². The zero-order valence-corrected chi connectivity index (χ0v) is 9.85. The molecule has 0 bridgehead atoms. The van der Waals surface area contributed by atoms with Gasteiger partial charge in [0.2, 0.25) is 0 Å². The van der Waals surface area contributed by atoms with E-state index in [4.69, 9.17) is 4.52 Å². The molecular weight excluding hydrogens is 220 g/mol. The normalized spacial score (nSPS) is 24.2. The predicted octanol–water partition coefficient (Wildman–Crippen LogP) is 0.241. The number of nitrogens with one attached hydrogen (secondary N) is 1. The van der Waals surface area contributed by atoms with Gasteiger partial charge in [-0.05, 0) is 43.9 Å². The molecule has 0 radical (unpaired) electrons. The van der Waals surface area contributed by atoms with E-state index in [-0.39, 0.29) is 0 Å². The molecular formula is C11H18N4O2. The van der Waals surface area contributed by atoms with Gasteiger partial charge in [-0.15, -0.1) is 0 Å². The molecule has 2 fully saturated rings. The van der Waals surface area contributed by atoms with Crippen LogP contribution in [0.25, 0.3) is 0 Å². The average molecular weight is 238 g/mol. The summed E-state index contributed by atoms with van der Waals surface area (Å²) in [7, 11) is 0. The molecule has 0 amide bonds. The van der Waals surface area contributed by atoms with Crippen LogP contribution < -0.4 is 10.2 Å². The summed E-state index contributed by atoms with van der Waals surface area (Å²) in [5.41, 5.74) is -0.934. The Bertz CT molecular complexity index is 381. The molecule has 0 saturated carbocycles. The fourth-order valence-electron chi connectivity index (χ4n) is 2.50. The highest BCUT2D eigenvalue weighted by molar-refractivity contribution is 5.29. The van der Waals surface area contributed by atoms with Crippen molar-refractivity contribution in [2.45, 2.75) is 31.3 Å². The Morgan fingerprint density at radius 3 is 2.65 bits per heavy atom. The Labute approximate surface area is 100.0 Å². The van der Waals surface area contributed by atoms with Crippen LogP contribution in [0.4, 0.5) is 5.95 Å². The van der Waals surface area contributed by atoms with Gasteiger partial charge in [-0.25, -0.2) is 0 Å². The number of anilines is 1. The van der Waals surface area contributed by atoms with Gasteiger partial charge in [-0.1, -0.05) is 0 Å². The Hall–Kier alpha value is -1.14. The predicted molar refractivity (Wildman–Crippen MR) is 61.7 cm³/mol. The monoisotopic (exact) mass is 238 g/mol. The second-order valence-electron chi connectivity index (χ2n) is 4.88. The van der Waals surface area contributed by atoms with Gasteiger partial charge in [0.15, 0.2) is 0 Å². The van der Waals surface area contributed by atoms with Crippen molar-refractivity contribution in [1.29, 1.82) is 0 Å². The first-order valence-electron chi connectivity index (χ1n) is 6.30. The summed E-state index contributed by atoms with van der Waals surface area (Å²) in [5, 5.41) is 17.6. The van der Waals surface area contributed by atoms with Gasteiger partial charge in [-0.2, -0.15) is 4.98 Å². The molecule has 0 unspecified atom stereocenters. The molecule has 3 heterocycles. The summed E-state index contributed by atoms with van der Waals surface area (Å²) < 4.78 is 5.24. The van der Waals surface area contributed by atoms with Crippen molar-refractivity contribution < 1.29 is 9.63 Å². The lowest BCUT2D eigenvalue weighted by atomic mass is 9.92. The van der Waals surface area contributed by atoms with Crippen LogP contribution >= 0.6 is 0 Å². The Morgan fingerprint density at radius 2 is 1.94 bits per heavy atom. The van der Waals surface area contributed by atoms with E-state index in [0.717, 1.165) is 26.2 Å². The van der Waals surface area contributed by atoms with Crippen LogP contribution in [0.15, 0.2) is 4.52 Å². The van der Waals surface area contributed by atoms with Crippen molar-refractivity contribution in [1.82, 2.24) is 15.5 Å². The molecule has 1 aromatic rings. The lowest BCUT2D eigenvalue weighted by molar-refractivity contribution is -0.0228. The lowest BCUT2D eigenvalue weighted by Crippen LogP contribution is -2.40. The largest absolute Gasteiger partial charge is 0.380 e. The molecule has 2 aliphatic rings. The van der Waals surface area contributed by atoms with Crippen LogP contribution in [-0.2, 0) is 5.60 Å². The van der Waals surface area contributed by atoms with Gasteiger partial charge in [0.05, 0.1) is 0 Å². The summed E-state index contributed by atoms with van der Waals surface area (Å²) in [4.78, 5) is 6.47. The van der Waals surface area contributed by atoms with Crippen molar-refractivity contribution in [2.75, 3.05) is 31.1 Å². The van der Waals surface area contributed by atoms with Crippen LogP contribution in [-0.4, -0.2) is 41.4 Å². The molecule has 6 heteroatoms. The standard InChI is InChI=1S/C11H18N4O2/c16-11(3-5-12-6-4-11)9-13-10(14-17-9)15-7-1-2-8-15/h12,16H,1-8H2. The van der Waals surface area contributed by atoms with Crippen LogP contribution in [0.3, 0.4) is 0 Å². The summed E-state index contributed by atoms with van der Waals surface area (Å²) in [6.07, 6.45) is 3.62. The number of aromatic nitrogens is 2. The zero-order chi connectivity index (χ0) is 11.7. The van der Waals surface area contributed by atoms with Crippen LogP contribution in [0.2, 0.25) is 0 Å².